The summed E-state index contributed by atoms with van der Waals surface area (Å²) in [6, 6.07) is -0.330. The lowest BCUT2D eigenvalue weighted by molar-refractivity contribution is -0.147. The van der Waals surface area contributed by atoms with Crippen molar-refractivity contribution < 1.29 is 23.9 Å². The van der Waals surface area contributed by atoms with E-state index in [4.69, 9.17) is 14.5 Å². The molecule has 1 heterocycles. The van der Waals surface area contributed by atoms with Crippen LogP contribution in [0.25, 0.3) is 0 Å². The van der Waals surface area contributed by atoms with Crippen LogP contribution in [0.2, 0.25) is 0 Å². The molecule has 1 rings (SSSR count). The van der Waals surface area contributed by atoms with E-state index in [0.717, 1.165) is 31.6 Å². The standard InChI is InChI=1S/C15H28NO5P/c1-4-15(5-2,9-7-11-22(18,19)20)12-8-10-16-13(12)14(17)21-6-3/h7,11-13,16H,4-6,8-10H2,1-3H3,(H2,18,19,20). The molecule has 0 saturated carbocycles. The molecule has 0 aromatic carbocycles. The number of nitrogens with one attached hydrogen (secondary N) is 1. The Balaban J connectivity index is 2.94. The minimum Gasteiger partial charge on any atom is -0.465 e. The second kappa shape index (κ2) is 8.25. The molecule has 0 bridgehead atoms. The summed E-state index contributed by atoms with van der Waals surface area (Å²) in [6.45, 7) is 7.04. The Hall–Kier alpha value is -0.680. The molecule has 2 unspecified atom stereocenters. The van der Waals surface area contributed by atoms with Gasteiger partial charge in [-0.15, -0.1) is 0 Å². The van der Waals surface area contributed by atoms with Crippen molar-refractivity contribution in [2.75, 3.05) is 13.2 Å². The van der Waals surface area contributed by atoms with E-state index in [1.165, 1.54) is 0 Å². The second-order valence-corrected chi connectivity index (χ2v) is 7.30. The van der Waals surface area contributed by atoms with Gasteiger partial charge < -0.3 is 19.8 Å². The van der Waals surface area contributed by atoms with Gasteiger partial charge in [0.05, 0.1) is 6.61 Å². The summed E-state index contributed by atoms with van der Waals surface area (Å²) in [5.41, 5.74) is -0.160. The van der Waals surface area contributed by atoms with Crippen molar-refractivity contribution in [3.63, 3.8) is 0 Å². The molecule has 1 fully saturated rings. The van der Waals surface area contributed by atoms with Crippen LogP contribution in [-0.4, -0.2) is 34.9 Å². The summed E-state index contributed by atoms with van der Waals surface area (Å²) in [7, 11) is -4.14. The highest BCUT2D eigenvalue weighted by Gasteiger charge is 2.45. The van der Waals surface area contributed by atoms with E-state index in [1.54, 1.807) is 13.0 Å². The van der Waals surface area contributed by atoms with Crippen molar-refractivity contribution >= 4 is 13.6 Å². The molecule has 0 aliphatic carbocycles. The van der Waals surface area contributed by atoms with Crippen LogP contribution < -0.4 is 5.32 Å². The smallest absolute Gasteiger partial charge is 0.348 e. The molecule has 6 nitrogen and oxygen atoms in total. The van der Waals surface area contributed by atoms with Crippen LogP contribution in [0, 0.1) is 11.3 Å². The van der Waals surface area contributed by atoms with Gasteiger partial charge in [0, 0.05) is 5.82 Å². The van der Waals surface area contributed by atoms with Crippen LogP contribution in [0.15, 0.2) is 11.9 Å². The SMILES string of the molecule is CCOC(=O)C1NCCC1C(CC)(CC)CC=CP(=O)(O)O. The van der Waals surface area contributed by atoms with Crippen molar-refractivity contribution in [2.24, 2.45) is 11.3 Å². The van der Waals surface area contributed by atoms with Crippen LogP contribution in [-0.2, 0) is 14.1 Å². The Bertz CT molecular complexity index is 441. The van der Waals surface area contributed by atoms with Gasteiger partial charge in [-0.25, -0.2) is 0 Å². The van der Waals surface area contributed by atoms with Crippen LogP contribution in [0.4, 0.5) is 0 Å². The second-order valence-electron chi connectivity index (χ2n) is 5.83. The normalized spacial score (nSPS) is 23.1. The summed E-state index contributed by atoms with van der Waals surface area (Å²) in [5, 5.41) is 3.22. The summed E-state index contributed by atoms with van der Waals surface area (Å²) in [6.07, 6.45) is 4.67. The fourth-order valence-electron chi connectivity index (χ4n) is 3.48. The fourth-order valence-corrected chi connectivity index (χ4v) is 3.86. The predicted molar refractivity (Wildman–Crippen MR) is 85.3 cm³/mol. The van der Waals surface area contributed by atoms with Crippen molar-refractivity contribution in [3.8, 4) is 0 Å². The highest BCUT2D eigenvalue weighted by molar-refractivity contribution is 7.55. The molecule has 0 aromatic rings. The molecule has 0 radical (unpaired) electrons. The summed E-state index contributed by atoms with van der Waals surface area (Å²) in [4.78, 5) is 30.1. The zero-order valence-corrected chi connectivity index (χ0v) is 14.5. The number of ether oxygens (including phenoxy) is 1. The number of carbonyl (C=O) groups is 1. The molecular formula is C15H28NO5P. The third kappa shape index (κ3) is 4.92. The number of rotatable bonds is 8. The Morgan fingerprint density at radius 2 is 2.00 bits per heavy atom. The molecule has 22 heavy (non-hydrogen) atoms. The zero-order chi connectivity index (χ0) is 16.8. The van der Waals surface area contributed by atoms with E-state index in [9.17, 15) is 9.36 Å². The number of carbonyl (C=O) groups excluding carboxylic acids is 1. The van der Waals surface area contributed by atoms with Gasteiger partial charge in [-0.3, -0.25) is 9.36 Å². The number of hydrogen-bond acceptors (Lipinski definition) is 4. The molecule has 128 valence electrons. The first-order chi connectivity index (χ1) is 10.3. The largest absolute Gasteiger partial charge is 0.465 e. The highest BCUT2D eigenvalue weighted by atomic mass is 31.2. The first-order valence-electron chi connectivity index (χ1n) is 7.92. The van der Waals surface area contributed by atoms with Crippen molar-refractivity contribution in [2.45, 2.75) is 52.5 Å². The number of hydrogen-bond donors (Lipinski definition) is 3. The van der Waals surface area contributed by atoms with Crippen LogP contribution in [0.5, 0.6) is 0 Å². The Kier molecular flexibility index (Phi) is 7.26. The van der Waals surface area contributed by atoms with Gasteiger partial charge in [0.1, 0.15) is 6.04 Å². The fraction of sp³-hybridized carbons (Fsp3) is 0.800. The molecule has 7 heteroatoms. The van der Waals surface area contributed by atoms with Crippen LogP contribution in [0.1, 0.15) is 46.5 Å². The van der Waals surface area contributed by atoms with E-state index < -0.39 is 7.60 Å². The van der Waals surface area contributed by atoms with E-state index in [-0.39, 0.29) is 23.3 Å². The molecule has 0 amide bonds. The molecular weight excluding hydrogens is 305 g/mol. The van der Waals surface area contributed by atoms with E-state index >= 15 is 0 Å². The lowest BCUT2D eigenvalue weighted by Crippen LogP contribution is -2.44. The number of esters is 1. The van der Waals surface area contributed by atoms with Gasteiger partial charge >= 0.3 is 13.6 Å². The molecule has 2 atom stereocenters. The van der Waals surface area contributed by atoms with Crippen molar-refractivity contribution in [1.82, 2.24) is 5.32 Å². The average Bonchev–Trinajstić information content (AvgIpc) is 2.93. The summed E-state index contributed by atoms with van der Waals surface area (Å²) >= 11 is 0. The minimum absolute atomic E-state index is 0.114. The maximum atomic E-state index is 12.1. The van der Waals surface area contributed by atoms with Gasteiger partial charge in [-0.1, -0.05) is 19.9 Å². The topological polar surface area (TPSA) is 95.9 Å². The lowest BCUT2D eigenvalue weighted by Gasteiger charge is -2.39. The van der Waals surface area contributed by atoms with Crippen molar-refractivity contribution in [1.29, 1.82) is 0 Å². The Labute approximate surface area is 132 Å². The Morgan fingerprint density at radius 1 is 1.36 bits per heavy atom. The Morgan fingerprint density at radius 3 is 2.50 bits per heavy atom. The van der Waals surface area contributed by atoms with E-state index in [0.29, 0.717) is 13.0 Å². The summed E-state index contributed by atoms with van der Waals surface area (Å²) < 4.78 is 16.1. The lowest BCUT2D eigenvalue weighted by atomic mass is 9.66. The molecule has 1 saturated heterocycles. The van der Waals surface area contributed by atoms with E-state index in [2.05, 4.69) is 19.2 Å². The van der Waals surface area contributed by atoms with Crippen LogP contribution >= 0.6 is 7.60 Å². The highest BCUT2D eigenvalue weighted by Crippen LogP contribution is 2.46. The number of allylic oxidation sites excluding steroid dienone is 1. The molecule has 3 N–H and O–H groups in total. The maximum absolute atomic E-state index is 12.1. The van der Waals surface area contributed by atoms with Gasteiger partial charge in [0.15, 0.2) is 0 Å². The first-order valence-corrected chi connectivity index (χ1v) is 9.60. The van der Waals surface area contributed by atoms with Gasteiger partial charge in [-0.05, 0) is 50.5 Å². The monoisotopic (exact) mass is 333 g/mol. The predicted octanol–water partition coefficient (Wildman–Crippen LogP) is 2.42. The van der Waals surface area contributed by atoms with Gasteiger partial charge in [-0.2, -0.15) is 0 Å². The maximum Gasteiger partial charge on any atom is 0.348 e. The van der Waals surface area contributed by atoms with Crippen LogP contribution in [0.3, 0.4) is 0 Å². The van der Waals surface area contributed by atoms with Gasteiger partial charge in [0.2, 0.25) is 0 Å². The zero-order valence-electron chi connectivity index (χ0n) is 13.6. The summed E-state index contributed by atoms with van der Waals surface area (Å²) in [5.74, 6) is 0.854. The van der Waals surface area contributed by atoms with Crippen molar-refractivity contribution in [3.05, 3.63) is 11.9 Å². The molecule has 1 aliphatic rings. The quantitative estimate of drug-likeness (QED) is 0.466. The average molecular weight is 333 g/mol. The molecule has 0 aromatic heterocycles. The van der Waals surface area contributed by atoms with E-state index in [1.807, 2.05) is 0 Å². The molecule has 1 aliphatic heterocycles. The minimum atomic E-state index is -4.14. The third-order valence-electron chi connectivity index (χ3n) is 4.78. The first kappa shape index (κ1) is 19.4. The van der Waals surface area contributed by atoms with Gasteiger partial charge in [0.25, 0.3) is 0 Å². The molecule has 0 spiro atoms. The third-order valence-corrected chi connectivity index (χ3v) is 5.38.